The van der Waals surface area contributed by atoms with Crippen LogP contribution in [-0.2, 0) is 5.92 Å². The molecule has 0 radical (unpaired) electrons. The third-order valence-corrected chi connectivity index (χ3v) is 3.16. The number of aryl methyl sites for hydroxylation is 1. The topological polar surface area (TPSA) is 9.23 Å². The molecule has 0 atom stereocenters. The summed E-state index contributed by atoms with van der Waals surface area (Å²) in [4.78, 5) is 0. The zero-order valence-electron chi connectivity index (χ0n) is 11.0. The van der Waals surface area contributed by atoms with Gasteiger partial charge in [-0.25, -0.2) is 0 Å². The molecule has 0 aromatic heterocycles. The Morgan fingerprint density at radius 2 is 1.63 bits per heavy atom. The highest BCUT2D eigenvalue weighted by atomic mass is 19.3. The van der Waals surface area contributed by atoms with E-state index in [4.69, 9.17) is 4.74 Å². The third-order valence-electron chi connectivity index (χ3n) is 3.16. The van der Waals surface area contributed by atoms with Gasteiger partial charge in [-0.05, 0) is 31.0 Å². The summed E-state index contributed by atoms with van der Waals surface area (Å²) in [5.74, 6) is -2.48. The maximum absolute atomic E-state index is 13.9. The van der Waals surface area contributed by atoms with Crippen molar-refractivity contribution in [2.24, 2.45) is 0 Å². The van der Waals surface area contributed by atoms with Crippen LogP contribution in [0, 0.1) is 13.8 Å². The Morgan fingerprint density at radius 3 is 2.32 bits per heavy atom. The van der Waals surface area contributed by atoms with Gasteiger partial charge in [-0.3, -0.25) is 0 Å². The Labute approximate surface area is 111 Å². The second-order valence-corrected chi connectivity index (χ2v) is 4.56. The minimum atomic E-state index is -2.99. The van der Waals surface area contributed by atoms with E-state index < -0.39 is 12.5 Å². The van der Waals surface area contributed by atoms with Crippen molar-refractivity contribution in [1.82, 2.24) is 0 Å². The van der Waals surface area contributed by atoms with Crippen LogP contribution >= 0.6 is 0 Å². The molecule has 19 heavy (non-hydrogen) atoms. The molecule has 0 heterocycles. The van der Waals surface area contributed by atoms with Crippen LogP contribution in [0.4, 0.5) is 8.78 Å². The number of hydrogen-bond donors (Lipinski definition) is 0. The summed E-state index contributed by atoms with van der Waals surface area (Å²) in [5, 5.41) is 0. The van der Waals surface area contributed by atoms with E-state index in [0.29, 0.717) is 5.75 Å². The Balaban J connectivity index is 2.12. The van der Waals surface area contributed by atoms with Crippen molar-refractivity contribution in [3.05, 3.63) is 65.2 Å². The second-order valence-electron chi connectivity index (χ2n) is 4.56. The summed E-state index contributed by atoms with van der Waals surface area (Å²) in [7, 11) is 0. The summed E-state index contributed by atoms with van der Waals surface area (Å²) in [6, 6.07) is 13.2. The van der Waals surface area contributed by atoms with E-state index in [1.165, 1.54) is 12.1 Å². The summed E-state index contributed by atoms with van der Waals surface area (Å²) in [5.41, 5.74) is 1.90. The Bertz CT molecular complexity index is 550. The fraction of sp³-hybridized carbons (Fsp3) is 0.250. The van der Waals surface area contributed by atoms with Gasteiger partial charge in [0, 0.05) is 5.56 Å². The van der Waals surface area contributed by atoms with Crippen LogP contribution in [0.25, 0.3) is 0 Å². The highest BCUT2D eigenvalue weighted by Gasteiger charge is 2.32. The molecule has 0 unspecified atom stereocenters. The highest BCUT2D eigenvalue weighted by Crippen LogP contribution is 2.30. The first kappa shape index (κ1) is 13.5. The lowest BCUT2D eigenvalue weighted by molar-refractivity contribution is -0.0468. The van der Waals surface area contributed by atoms with Crippen LogP contribution in [0.2, 0.25) is 0 Å². The van der Waals surface area contributed by atoms with Crippen LogP contribution in [0.1, 0.15) is 16.7 Å². The molecule has 0 N–H and O–H groups in total. The second kappa shape index (κ2) is 5.39. The van der Waals surface area contributed by atoms with E-state index in [1.807, 2.05) is 19.9 Å². The summed E-state index contributed by atoms with van der Waals surface area (Å²) >= 11 is 0. The predicted octanol–water partition coefficient (Wildman–Crippen LogP) is 4.47. The van der Waals surface area contributed by atoms with E-state index in [-0.39, 0.29) is 5.56 Å². The molecule has 0 bridgehead atoms. The van der Waals surface area contributed by atoms with E-state index >= 15 is 0 Å². The van der Waals surface area contributed by atoms with Gasteiger partial charge in [0.1, 0.15) is 5.75 Å². The number of benzene rings is 2. The number of ether oxygens (including phenoxy) is 1. The van der Waals surface area contributed by atoms with Crippen LogP contribution < -0.4 is 4.74 Å². The number of hydrogen-bond acceptors (Lipinski definition) is 1. The van der Waals surface area contributed by atoms with Crippen LogP contribution in [0.3, 0.4) is 0 Å². The quantitative estimate of drug-likeness (QED) is 0.789. The van der Waals surface area contributed by atoms with Crippen molar-refractivity contribution < 1.29 is 13.5 Å². The van der Waals surface area contributed by atoms with E-state index in [9.17, 15) is 8.78 Å². The number of halogens is 2. The van der Waals surface area contributed by atoms with E-state index in [2.05, 4.69) is 0 Å². The molecule has 0 aliphatic heterocycles. The highest BCUT2D eigenvalue weighted by molar-refractivity contribution is 5.38. The molecule has 0 fully saturated rings. The molecular weight excluding hydrogens is 246 g/mol. The minimum Gasteiger partial charge on any atom is -0.487 e. The average Bonchev–Trinajstić information content (AvgIpc) is 2.41. The van der Waals surface area contributed by atoms with Crippen molar-refractivity contribution >= 4 is 0 Å². The van der Waals surface area contributed by atoms with Crippen LogP contribution in [0.5, 0.6) is 5.75 Å². The lowest BCUT2D eigenvalue weighted by Gasteiger charge is -2.18. The average molecular weight is 262 g/mol. The first-order chi connectivity index (χ1) is 9.00. The van der Waals surface area contributed by atoms with Crippen LogP contribution in [-0.4, -0.2) is 6.61 Å². The lowest BCUT2D eigenvalue weighted by Crippen LogP contribution is -2.23. The molecule has 2 aromatic rings. The lowest BCUT2D eigenvalue weighted by atomic mass is 10.1. The Hall–Kier alpha value is -1.90. The zero-order valence-corrected chi connectivity index (χ0v) is 11.0. The largest absolute Gasteiger partial charge is 0.487 e. The minimum absolute atomic E-state index is 0.0275. The molecule has 1 nitrogen and oxygen atoms in total. The van der Waals surface area contributed by atoms with Crippen molar-refractivity contribution in [2.45, 2.75) is 19.8 Å². The first-order valence-corrected chi connectivity index (χ1v) is 6.13. The molecule has 0 amide bonds. The molecule has 0 aliphatic rings. The smallest absolute Gasteiger partial charge is 0.306 e. The zero-order chi connectivity index (χ0) is 13.9. The fourth-order valence-electron chi connectivity index (χ4n) is 1.81. The van der Waals surface area contributed by atoms with Gasteiger partial charge in [0.05, 0.1) is 0 Å². The van der Waals surface area contributed by atoms with Gasteiger partial charge in [-0.2, -0.15) is 8.78 Å². The van der Waals surface area contributed by atoms with Gasteiger partial charge in [0.15, 0.2) is 6.61 Å². The van der Waals surface area contributed by atoms with Crippen molar-refractivity contribution in [3.63, 3.8) is 0 Å². The van der Waals surface area contributed by atoms with E-state index in [1.54, 1.807) is 30.3 Å². The molecule has 0 spiro atoms. The maximum Gasteiger partial charge on any atom is 0.306 e. The Morgan fingerprint density at radius 1 is 0.947 bits per heavy atom. The van der Waals surface area contributed by atoms with Gasteiger partial charge in [-0.1, -0.05) is 42.5 Å². The van der Waals surface area contributed by atoms with Gasteiger partial charge < -0.3 is 4.74 Å². The van der Waals surface area contributed by atoms with Gasteiger partial charge in [-0.15, -0.1) is 0 Å². The van der Waals surface area contributed by atoms with Crippen molar-refractivity contribution in [1.29, 1.82) is 0 Å². The predicted molar refractivity (Wildman–Crippen MR) is 71.7 cm³/mol. The fourth-order valence-corrected chi connectivity index (χ4v) is 1.81. The SMILES string of the molecule is Cc1cccc(OCC(F)(F)c2ccccc2)c1C. The normalized spacial score (nSPS) is 11.4. The molecule has 3 heteroatoms. The molecule has 0 aliphatic carbocycles. The first-order valence-electron chi connectivity index (χ1n) is 6.13. The van der Waals surface area contributed by atoms with Gasteiger partial charge in [0.25, 0.3) is 0 Å². The molecule has 0 saturated heterocycles. The molecule has 0 saturated carbocycles. The summed E-state index contributed by atoms with van der Waals surface area (Å²) in [6.07, 6.45) is 0. The molecular formula is C16H16F2O. The summed E-state index contributed by atoms with van der Waals surface area (Å²) in [6.45, 7) is 3.14. The summed E-state index contributed by atoms with van der Waals surface area (Å²) < 4.78 is 33.2. The third kappa shape index (κ3) is 3.11. The molecule has 2 aromatic carbocycles. The molecule has 100 valence electrons. The van der Waals surface area contributed by atoms with Crippen LogP contribution in [0.15, 0.2) is 48.5 Å². The van der Waals surface area contributed by atoms with Crippen molar-refractivity contribution in [3.8, 4) is 5.75 Å². The molecule has 2 rings (SSSR count). The van der Waals surface area contributed by atoms with Crippen molar-refractivity contribution in [2.75, 3.05) is 6.61 Å². The van der Waals surface area contributed by atoms with Gasteiger partial charge >= 0.3 is 5.92 Å². The monoisotopic (exact) mass is 262 g/mol. The standard InChI is InChI=1S/C16H16F2O/c1-12-7-6-10-15(13(12)2)19-11-16(17,18)14-8-4-3-5-9-14/h3-10H,11H2,1-2H3. The maximum atomic E-state index is 13.9. The number of alkyl halides is 2. The van der Waals surface area contributed by atoms with Gasteiger partial charge in [0.2, 0.25) is 0 Å². The Kier molecular flexibility index (Phi) is 3.84. The van der Waals surface area contributed by atoms with E-state index in [0.717, 1.165) is 11.1 Å². The number of rotatable bonds is 4.